The second-order valence-electron chi connectivity index (χ2n) is 10.2. The standard InChI is InChI=1S/C33H27N7O3/c1-18-17-24(33(42)43)19(2)16-23(18)32(41)39-28-14-13-27(20(3)36-28)40-30(22-10-7-15-35-29(22)34)38-26-12-11-25(37-31(26)40)21-8-5-4-6-9-21/h4-17H,1-3H3,(H2,34,35)(H,42,43)(H,36,39,41). The first-order valence-electron chi connectivity index (χ1n) is 13.5. The fraction of sp³-hybridized carbons (Fsp3) is 0.0909. The van der Waals surface area contributed by atoms with Crippen LogP contribution < -0.4 is 11.1 Å². The summed E-state index contributed by atoms with van der Waals surface area (Å²) in [5.74, 6) is -0.190. The van der Waals surface area contributed by atoms with E-state index >= 15 is 0 Å². The van der Waals surface area contributed by atoms with Crippen LogP contribution in [0.25, 0.3) is 39.5 Å². The van der Waals surface area contributed by atoms with Gasteiger partial charge in [-0.05, 0) is 80.4 Å². The van der Waals surface area contributed by atoms with Gasteiger partial charge in [0.25, 0.3) is 5.91 Å². The molecule has 0 aliphatic rings. The molecule has 0 radical (unpaired) electrons. The SMILES string of the molecule is Cc1cc(C(=O)Nc2ccc(-n3c(-c4cccnc4N)nc4ccc(-c5ccccc5)nc43)c(C)n2)c(C)cc1C(=O)O. The molecule has 4 aromatic heterocycles. The van der Waals surface area contributed by atoms with Crippen LogP contribution in [0.15, 0.2) is 85.1 Å². The van der Waals surface area contributed by atoms with Gasteiger partial charge in [0.1, 0.15) is 17.2 Å². The molecule has 10 nitrogen and oxygen atoms in total. The Morgan fingerprint density at radius 1 is 0.837 bits per heavy atom. The number of aromatic nitrogens is 5. The minimum Gasteiger partial charge on any atom is -0.478 e. The van der Waals surface area contributed by atoms with Crippen molar-refractivity contribution in [2.24, 2.45) is 0 Å². The molecule has 212 valence electrons. The van der Waals surface area contributed by atoms with Crippen molar-refractivity contribution in [3.05, 3.63) is 113 Å². The van der Waals surface area contributed by atoms with Crippen molar-refractivity contribution in [1.29, 1.82) is 0 Å². The molecule has 4 heterocycles. The van der Waals surface area contributed by atoms with Crippen molar-refractivity contribution in [1.82, 2.24) is 24.5 Å². The number of benzene rings is 2. The summed E-state index contributed by atoms with van der Waals surface area (Å²) >= 11 is 0. The highest BCUT2D eigenvalue weighted by Crippen LogP contribution is 2.33. The van der Waals surface area contributed by atoms with Crippen LogP contribution in [0.5, 0.6) is 0 Å². The number of nitrogens with zero attached hydrogens (tertiary/aromatic N) is 5. The Hall–Kier alpha value is -5.90. The fourth-order valence-corrected chi connectivity index (χ4v) is 5.08. The average molecular weight is 570 g/mol. The second kappa shape index (κ2) is 10.8. The lowest BCUT2D eigenvalue weighted by Gasteiger charge is -2.14. The molecule has 0 saturated carbocycles. The lowest BCUT2D eigenvalue weighted by atomic mass is 9.99. The minimum absolute atomic E-state index is 0.161. The molecule has 0 saturated heterocycles. The van der Waals surface area contributed by atoms with E-state index in [9.17, 15) is 14.7 Å². The quantitative estimate of drug-likeness (QED) is 0.221. The first-order valence-corrected chi connectivity index (χ1v) is 13.5. The van der Waals surface area contributed by atoms with Crippen LogP contribution in [0.2, 0.25) is 0 Å². The zero-order chi connectivity index (χ0) is 30.2. The average Bonchev–Trinajstić information content (AvgIpc) is 3.37. The Morgan fingerprint density at radius 3 is 2.30 bits per heavy atom. The number of nitrogens with one attached hydrogen (secondary N) is 1. The Balaban J connectivity index is 1.44. The van der Waals surface area contributed by atoms with E-state index in [2.05, 4.69) is 15.3 Å². The number of nitrogen functional groups attached to an aromatic ring is 1. The lowest BCUT2D eigenvalue weighted by Crippen LogP contribution is -2.16. The van der Waals surface area contributed by atoms with Crippen LogP contribution in [0.4, 0.5) is 11.6 Å². The van der Waals surface area contributed by atoms with Gasteiger partial charge >= 0.3 is 5.97 Å². The summed E-state index contributed by atoms with van der Waals surface area (Å²) in [6.07, 6.45) is 1.63. The molecule has 0 aliphatic carbocycles. The molecular weight excluding hydrogens is 542 g/mol. The van der Waals surface area contributed by atoms with Gasteiger partial charge in [0.05, 0.1) is 28.2 Å². The highest BCUT2D eigenvalue weighted by atomic mass is 16.4. The number of rotatable bonds is 6. The van der Waals surface area contributed by atoms with Gasteiger partial charge in [0.2, 0.25) is 0 Å². The normalized spacial score (nSPS) is 11.0. The number of aryl methyl sites for hydroxylation is 3. The maximum Gasteiger partial charge on any atom is 0.335 e. The molecule has 4 N–H and O–H groups in total. The highest BCUT2D eigenvalue weighted by molar-refractivity contribution is 6.06. The maximum atomic E-state index is 13.2. The summed E-state index contributed by atoms with van der Waals surface area (Å²) in [6.45, 7) is 5.20. The number of carbonyl (C=O) groups excluding carboxylic acids is 1. The van der Waals surface area contributed by atoms with E-state index in [0.29, 0.717) is 62.3 Å². The van der Waals surface area contributed by atoms with E-state index < -0.39 is 5.97 Å². The number of carbonyl (C=O) groups is 2. The van der Waals surface area contributed by atoms with E-state index in [-0.39, 0.29) is 11.5 Å². The zero-order valence-electron chi connectivity index (χ0n) is 23.7. The number of nitrogens with two attached hydrogens (primary N) is 1. The molecule has 0 bridgehead atoms. The molecule has 6 rings (SSSR count). The molecule has 10 heteroatoms. The summed E-state index contributed by atoms with van der Waals surface area (Å²) < 4.78 is 1.90. The van der Waals surface area contributed by atoms with Crippen LogP contribution in [0, 0.1) is 20.8 Å². The van der Waals surface area contributed by atoms with Crippen molar-refractivity contribution in [2.75, 3.05) is 11.1 Å². The van der Waals surface area contributed by atoms with E-state index in [1.807, 2.05) is 66.1 Å². The first-order chi connectivity index (χ1) is 20.7. The van der Waals surface area contributed by atoms with E-state index in [0.717, 1.165) is 11.3 Å². The summed E-state index contributed by atoms with van der Waals surface area (Å²) in [7, 11) is 0. The third-order valence-corrected chi connectivity index (χ3v) is 7.24. The molecule has 6 aromatic rings. The molecule has 0 spiro atoms. The zero-order valence-corrected chi connectivity index (χ0v) is 23.7. The lowest BCUT2D eigenvalue weighted by molar-refractivity contribution is 0.0695. The Kier molecular flexibility index (Phi) is 6.87. The number of aromatic carboxylic acids is 1. The van der Waals surface area contributed by atoms with Gasteiger partial charge < -0.3 is 16.2 Å². The number of pyridine rings is 3. The van der Waals surface area contributed by atoms with E-state index in [1.54, 1.807) is 38.2 Å². The number of hydrogen-bond acceptors (Lipinski definition) is 7. The van der Waals surface area contributed by atoms with Crippen LogP contribution >= 0.6 is 0 Å². The van der Waals surface area contributed by atoms with Crippen LogP contribution in [-0.2, 0) is 0 Å². The van der Waals surface area contributed by atoms with Gasteiger partial charge in [0.15, 0.2) is 11.5 Å². The van der Waals surface area contributed by atoms with Crippen molar-refractivity contribution >= 4 is 34.7 Å². The van der Waals surface area contributed by atoms with Gasteiger partial charge in [-0.15, -0.1) is 0 Å². The number of carboxylic acids is 1. The molecule has 0 fully saturated rings. The number of amides is 1. The topological polar surface area (TPSA) is 149 Å². The van der Waals surface area contributed by atoms with E-state index in [1.165, 1.54) is 6.07 Å². The molecule has 0 aliphatic heterocycles. The van der Waals surface area contributed by atoms with Gasteiger partial charge in [-0.25, -0.2) is 24.7 Å². The second-order valence-corrected chi connectivity index (χ2v) is 10.2. The van der Waals surface area contributed by atoms with Gasteiger partial charge in [-0.2, -0.15) is 0 Å². The third kappa shape index (κ3) is 5.06. The van der Waals surface area contributed by atoms with Crippen LogP contribution in [0.1, 0.15) is 37.5 Å². The third-order valence-electron chi connectivity index (χ3n) is 7.24. The van der Waals surface area contributed by atoms with Gasteiger partial charge in [-0.3, -0.25) is 9.36 Å². The summed E-state index contributed by atoms with van der Waals surface area (Å²) in [6, 6.07) is 24.0. The number of carboxylic acid groups (broad SMARTS) is 1. The van der Waals surface area contributed by atoms with E-state index in [4.69, 9.17) is 15.7 Å². The van der Waals surface area contributed by atoms with Crippen molar-refractivity contribution < 1.29 is 14.7 Å². The van der Waals surface area contributed by atoms with Crippen molar-refractivity contribution in [3.63, 3.8) is 0 Å². The molecule has 1 amide bonds. The maximum absolute atomic E-state index is 13.2. The van der Waals surface area contributed by atoms with Gasteiger partial charge in [-0.1, -0.05) is 30.3 Å². The summed E-state index contributed by atoms with van der Waals surface area (Å²) in [5.41, 5.74) is 12.9. The predicted octanol–water partition coefficient (Wildman–Crippen LogP) is 6.00. The van der Waals surface area contributed by atoms with Crippen molar-refractivity contribution in [3.8, 4) is 28.3 Å². The molecule has 0 unspecified atom stereocenters. The van der Waals surface area contributed by atoms with Gasteiger partial charge in [0, 0.05) is 17.3 Å². The Bertz CT molecular complexity index is 2050. The van der Waals surface area contributed by atoms with Crippen molar-refractivity contribution in [2.45, 2.75) is 20.8 Å². The Labute approximate surface area is 246 Å². The number of imidazole rings is 1. The Morgan fingerprint density at radius 2 is 1.58 bits per heavy atom. The summed E-state index contributed by atoms with van der Waals surface area (Å²) in [5, 5.41) is 12.2. The van der Waals surface area contributed by atoms with Crippen LogP contribution in [0.3, 0.4) is 0 Å². The molecule has 0 atom stereocenters. The predicted molar refractivity (Wildman–Crippen MR) is 165 cm³/mol. The molecule has 43 heavy (non-hydrogen) atoms. The fourth-order valence-electron chi connectivity index (χ4n) is 5.08. The van der Waals surface area contributed by atoms with Crippen LogP contribution in [-0.4, -0.2) is 41.5 Å². The highest BCUT2D eigenvalue weighted by Gasteiger charge is 2.21. The number of anilines is 2. The minimum atomic E-state index is -1.04. The smallest absolute Gasteiger partial charge is 0.335 e. The molecular formula is C33H27N7O3. The number of fused-ring (bicyclic) bond motifs is 1. The summed E-state index contributed by atoms with van der Waals surface area (Å²) in [4.78, 5) is 43.5. The number of hydrogen-bond donors (Lipinski definition) is 3. The largest absolute Gasteiger partial charge is 0.478 e. The molecule has 2 aromatic carbocycles. The monoisotopic (exact) mass is 569 g/mol. The first kappa shape index (κ1) is 27.3.